The summed E-state index contributed by atoms with van der Waals surface area (Å²) in [6.45, 7) is -2.13. The third-order valence-corrected chi connectivity index (χ3v) is 12.4. The number of benzene rings is 8. The molecular weight excluding hydrogens is 997 g/mol. The van der Waals surface area contributed by atoms with Crippen molar-refractivity contribution in [2.75, 3.05) is 13.2 Å². The Morgan fingerprint density at radius 3 is 1.09 bits per heavy atom. The van der Waals surface area contributed by atoms with Gasteiger partial charge < -0.3 is 14.2 Å². The van der Waals surface area contributed by atoms with Crippen molar-refractivity contribution in [3.05, 3.63) is 248 Å². The molecule has 388 valence electrons. The zero-order valence-corrected chi connectivity index (χ0v) is 40.2. The lowest BCUT2D eigenvalue weighted by molar-refractivity contribution is -0.177. The summed E-state index contributed by atoms with van der Waals surface area (Å²) in [6.07, 6.45) is -10.4. The predicted octanol–water partition coefficient (Wildman–Crippen LogP) is 17.3. The van der Waals surface area contributed by atoms with Crippen LogP contribution in [0.15, 0.2) is 170 Å². The fourth-order valence-electron chi connectivity index (χ4n) is 8.91. The molecule has 0 radical (unpaired) electrons. The van der Waals surface area contributed by atoms with Crippen LogP contribution in [0, 0.1) is 25.5 Å². The van der Waals surface area contributed by atoms with Crippen molar-refractivity contribution in [1.82, 2.24) is 0 Å². The van der Waals surface area contributed by atoms with Gasteiger partial charge in [0.15, 0.2) is 0 Å². The Morgan fingerprint density at radius 1 is 0.400 bits per heavy atom. The Balaban J connectivity index is 1.32. The van der Waals surface area contributed by atoms with Gasteiger partial charge in [0.05, 0.1) is 13.2 Å². The minimum atomic E-state index is -4.83. The molecule has 8 aromatic carbocycles. The van der Waals surface area contributed by atoms with Crippen LogP contribution < -0.4 is 4.74 Å². The first-order chi connectivity index (χ1) is 35.6. The first kappa shape index (κ1) is 53.9. The van der Waals surface area contributed by atoms with Crippen LogP contribution in [0.4, 0.5) is 52.7 Å². The zero-order chi connectivity index (χ0) is 53.7. The minimum absolute atomic E-state index is 0.126. The predicted molar refractivity (Wildman–Crippen MR) is 262 cm³/mol. The summed E-state index contributed by atoms with van der Waals surface area (Å²) in [5.74, 6) is -9.97. The topological polar surface area (TPSA) is 27.7 Å². The van der Waals surface area contributed by atoms with Crippen molar-refractivity contribution in [3.8, 4) is 33.8 Å². The second-order valence-corrected chi connectivity index (χ2v) is 18.1. The number of ether oxygens (including phenoxy) is 3. The molecule has 0 aliphatic carbocycles. The first-order valence-corrected chi connectivity index (χ1v) is 23.4. The zero-order valence-electron chi connectivity index (χ0n) is 40.2. The molecule has 0 saturated carbocycles. The van der Waals surface area contributed by atoms with Gasteiger partial charge in [-0.1, -0.05) is 146 Å². The molecule has 75 heavy (non-hydrogen) atoms. The van der Waals surface area contributed by atoms with Crippen LogP contribution >= 0.6 is 0 Å². The molecule has 0 saturated heterocycles. The van der Waals surface area contributed by atoms with E-state index in [-0.39, 0.29) is 68.8 Å². The number of hydrogen-bond donors (Lipinski definition) is 0. The van der Waals surface area contributed by atoms with Gasteiger partial charge in [0.25, 0.3) is 11.8 Å². The van der Waals surface area contributed by atoms with Crippen molar-refractivity contribution < 1.29 is 66.9 Å². The molecule has 0 unspecified atom stereocenters. The van der Waals surface area contributed by atoms with Crippen molar-refractivity contribution >= 4 is 0 Å². The van der Waals surface area contributed by atoms with Gasteiger partial charge in [0, 0.05) is 57.3 Å². The van der Waals surface area contributed by atoms with Gasteiger partial charge in [-0.3, -0.25) is 0 Å². The molecule has 0 aliphatic heterocycles. The summed E-state index contributed by atoms with van der Waals surface area (Å²) in [5, 5.41) is 0. The highest BCUT2D eigenvalue weighted by Crippen LogP contribution is 2.48. The lowest BCUT2D eigenvalue weighted by atomic mass is 9.86. The number of hydrogen-bond acceptors (Lipinski definition) is 3. The maximum Gasteiger partial charge on any atom is 0.411 e. The van der Waals surface area contributed by atoms with Gasteiger partial charge in [0.2, 0.25) is 0 Å². The Morgan fingerprint density at radius 2 is 0.760 bits per heavy atom. The molecule has 0 N–H and O–H groups in total. The largest absolute Gasteiger partial charge is 0.457 e. The van der Waals surface area contributed by atoms with E-state index < -0.39 is 84.5 Å². The van der Waals surface area contributed by atoms with Crippen LogP contribution in [0.5, 0.6) is 11.5 Å². The highest BCUT2D eigenvalue weighted by atomic mass is 19.4. The molecule has 0 aromatic heterocycles. The molecule has 8 rings (SSSR count). The summed E-state index contributed by atoms with van der Waals surface area (Å²) in [7, 11) is 0. The van der Waals surface area contributed by atoms with Crippen LogP contribution in [0.2, 0.25) is 0 Å². The average molecular weight is 1040 g/mol. The smallest absolute Gasteiger partial charge is 0.411 e. The molecule has 0 heterocycles. The second kappa shape index (κ2) is 22.2. The van der Waals surface area contributed by atoms with E-state index in [2.05, 4.69) is 0 Å². The highest BCUT2D eigenvalue weighted by Gasteiger charge is 2.43. The van der Waals surface area contributed by atoms with E-state index in [9.17, 15) is 26.3 Å². The standard InChI is InChI=1S/C60H46F12O3/c1-37-13-25-47(51(61)29-37)41-15-21-45(22-16-41)59(69,70)55-43(33-73-35-57(63,64)65)19-27-53(49(55)31-39-9-5-3-6-10-39)75-54-28-20-44(34-74-36-58(66,67)68)56(50(54)32-40-11-7-4-8-12-40)60(71,72)46-23-17-42(18-24-46)48-26-14-38(2)30-52(48)62/h3-30H,31-36H2,1-2H3. The van der Waals surface area contributed by atoms with Crippen molar-refractivity contribution in [1.29, 1.82) is 0 Å². The monoisotopic (exact) mass is 1040 g/mol. The number of aryl methyl sites for hydroxylation is 2. The number of halogens is 12. The molecule has 0 atom stereocenters. The maximum absolute atomic E-state index is 17.7. The Bertz CT molecular complexity index is 3030. The van der Waals surface area contributed by atoms with Gasteiger partial charge >= 0.3 is 12.4 Å². The van der Waals surface area contributed by atoms with Crippen LogP contribution in [0.3, 0.4) is 0 Å². The summed E-state index contributed by atoms with van der Waals surface area (Å²) in [5.41, 5.74) is -1.37. The molecule has 15 heteroatoms. The summed E-state index contributed by atoms with van der Waals surface area (Å²) in [6, 6.07) is 39.1. The normalized spacial score (nSPS) is 12.3. The third kappa shape index (κ3) is 12.9. The van der Waals surface area contributed by atoms with E-state index in [1.54, 1.807) is 86.6 Å². The fourth-order valence-corrected chi connectivity index (χ4v) is 8.91. The van der Waals surface area contributed by atoms with Gasteiger partial charge in [-0.25, -0.2) is 8.78 Å². The van der Waals surface area contributed by atoms with Gasteiger partial charge in [-0.15, -0.1) is 0 Å². The summed E-state index contributed by atoms with van der Waals surface area (Å²) in [4.78, 5) is 0. The van der Waals surface area contributed by atoms with E-state index in [0.717, 1.165) is 36.4 Å². The SMILES string of the molecule is Cc1ccc(-c2ccc(C(F)(F)c3c(COCC(F)(F)F)ccc(Oc4ccc(COCC(F)(F)F)c(C(F)(F)c5ccc(-c6ccc(C)cc6F)cc5)c4Cc4ccccc4)c3Cc3ccccc3)cc2)c(F)c1. The van der Waals surface area contributed by atoms with E-state index in [1.165, 1.54) is 60.7 Å². The van der Waals surface area contributed by atoms with Crippen LogP contribution in [0.1, 0.15) is 66.8 Å². The molecule has 0 amide bonds. The van der Waals surface area contributed by atoms with E-state index in [0.29, 0.717) is 22.3 Å². The third-order valence-electron chi connectivity index (χ3n) is 12.4. The summed E-state index contributed by atoms with van der Waals surface area (Å²) >= 11 is 0. The molecule has 0 spiro atoms. The van der Waals surface area contributed by atoms with Crippen LogP contribution in [0.25, 0.3) is 22.3 Å². The van der Waals surface area contributed by atoms with Crippen molar-refractivity contribution in [3.63, 3.8) is 0 Å². The Kier molecular flexibility index (Phi) is 16.0. The highest BCUT2D eigenvalue weighted by molar-refractivity contribution is 5.67. The quantitative estimate of drug-likeness (QED) is 0.0802. The lowest BCUT2D eigenvalue weighted by Gasteiger charge is -2.28. The molecule has 3 nitrogen and oxygen atoms in total. The first-order valence-electron chi connectivity index (χ1n) is 23.4. The van der Waals surface area contributed by atoms with E-state index in [4.69, 9.17) is 14.2 Å². The minimum Gasteiger partial charge on any atom is -0.457 e. The molecule has 0 fully saturated rings. The molecular formula is C60H46F12O3. The molecule has 8 aromatic rings. The maximum atomic E-state index is 17.7. The van der Waals surface area contributed by atoms with Crippen LogP contribution in [-0.2, 0) is 47.4 Å². The van der Waals surface area contributed by atoms with E-state index in [1.807, 2.05) is 0 Å². The van der Waals surface area contributed by atoms with Crippen LogP contribution in [-0.4, -0.2) is 25.6 Å². The summed E-state index contributed by atoms with van der Waals surface area (Å²) < 4.78 is 199. The van der Waals surface area contributed by atoms with E-state index >= 15 is 26.3 Å². The second-order valence-electron chi connectivity index (χ2n) is 18.1. The number of alkyl halides is 10. The average Bonchev–Trinajstić information content (AvgIpc) is 3.35. The fraction of sp³-hybridized carbons (Fsp3) is 0.200. The van der Waals surface area contributed by atoms with Gasteiger partial charge in [-0.05, 0) is 82.6 Å². The lowest BCUT2D eigenvalue weighted by Crippen LogP contribution is -2.23. The van der Waals surface area contributed by atoms with Gasteiger partial charge in [0.1, 0.15) is 36.3 Å². The molecule has 0 bridgehead atoms. The van der Waals surface area contributed by atoms with Gasteiger partial charge in [-0.2, -0.15) is 43.9 Å². The number of rotatable bonds is 18. The Labute approximate surface area is 425 Å². The van der Waals surface area contributed by atoms with Crippen molar-refractivity contribution in [2.24, 2.45) is 0 Å². The Hall–Kier alpha value is -7.36. The molecule has 0 aliphatic rings. The van der Waals surface area contributed by atoms with Crippen molar-refractivity contribution in [2.45, 2.75) is 64.1 Å².